The molecule has 0 saturated heterocycles. The largest absolute Gasteiger partial charge is 0.457 e. The number of hydrogen-bond donors (Lipinski definition) is 2. The summed E-state index contributed by atoms with van der Waals surface area (Å²) in [4.78, 5) is 1.80. The van der Waals surface area contributed by atoms with E-state index in [4.69, 9.17) is 4.74 Å². The number of fused-ring (bicyclic) bond motifs is 3. The normalized spacial score (nSPS) is 14.2. The van der Waals surface area contributed by atoms with Gasteiger partial charge in [0.15, 0.2) is 0 Å². The number of thiol groups is 2. The Morgan fingerprint density at radius 3 is 1.96 bits per heavy atom. The van der Waals surface area contributed by atoms with Gasteiger partial charge >= 0.3 is 0 Å². The van der Waals surface area contributed by atoms with E-state index < -0.39 is 0 Å². The number of benzene rings is 4. The summed E-state index contributed by atoms with van der Waals surface area (Å²) in [5.41, 5.74) is 3.49. The average Bonchev–Trinajstić information content (AvgIpc) is 2.67. The molecule has 0 atom stereocenters. The molecule has 0 fully saturated rings. The molecule has 0 radical (unpaired) electrons. The minimum Gasteiger partial charge on any atom is -0.457 e. The van der Waals surface area contributed by atoms with E-state index in [1.165, 1.54) is 27.5 Å². The molecule has 0 N–H and O–H groups in total. The summed E-state index contributed by atoms with van der Waals surface area (Å²) in [6.07, 6.45) is 0.888. The third-order valence-corrected chi connectivity index (χ3v) is 6.27. The SMILES string of the molecule is CC1(Cc2ccc3ccccc3c2)c2ccc(S)cc2Oc2cc(S)ccc21. The van der Waals surface area contributed by atoms with Gasteiger partial charge in [-0.2, -0.15) is 0 Å². The van der Waals surface area contributed by atoms with Crippen LogP contribution in [0.1, 0.15) is 23.6 Å². The first kappa shape index (κ1) is 17.7. The first-order chi connectivity index (χ1) is 13.5. The van der Waals surface area contributed by atoms with E-state index in [9.17, 15) is 0 Å². The summed E-state index contributed by atoms with van der Waals surface area (Å²) in [6, 6.07) is 27.6. The van der Waals surface area contributed by atoms with Gasteiger partial charge in [0.1, 0.15) is 11.5 Å². The van der Waals surface area contributed by atoms with Crippen LogP contribution in [0, 0.1) is 0 Å². The summed E-state index contributed by atoms with van der Waals surface area (Å²) < 4.78 is 6.24. The standard InChI is InChI=1S/C25H20OS2/c1-25(15-16-6-7-17-4-2-3-5-18(17)12-16)21-10-8-19(27)13-23(21)26-24-14-20(28)9-11-22(24)25/h2-14,27-28H,15H2,1H3. The molecule has 1 aliphatic rings. The second-order valence-electron chi connectivity index (χ2n) is 7.65. The van der Waals surface area contributed by atoms with Crippen LogP contribution in [0.3, 0.4) is 0 Å². The van der Waals surface area contributed by atoms with Crippen LogP contribution in [0.5, 0.6) is 11.5 Å². The number of ether oxygens (including phenoxy) is 1. The van der Waals surface area contributed by atoms with Crippen molar-refractivity contribution in [3.8, 4) is 11.5 Å². The van der Waals surface area contributed by atoms with Crippen molar-refractivity contribution in [2.45, 2.75) is 28.6 Å². The fourth-order valence-electron chi connectivity index (χ4n) is 4.31. The lowest BCUT2D eigenvalue weighted by Gasteiger charge is -2.38. The van der Waals surface area contributed by atoms with Crippen LogP contribution in [-0.2, 0) is 11.8 Å². The van der Waals surface area contributed by atoms with Gasteiger partial charge in [0.05, 0.1) is 0 Å². The summed E-state index contributed by atoms with van der Waals surface area (Å²) >= 11 is 9.02. The Balaban J connectivity index is 1.68. The Bertz CT molecular complexity index is 1160. The molecule has 1 nitrogen and oxygen atoms in total. The third kappa shape index (κ3) is 2.90. The quantitative estimate of drug-likeness (QED) is 0.342. The fraction of sp³-hybridized carbons (Fsp3) is 0.120. The van der Waals surface area contributed by atoms with Crippen LogP contribution in [0.25, 0.3) is 10.8 Å². The van der Waals surface area contributed by atoms with Crippen LogP contribution in [0.4, 0.5) is 0 Å². The molecule has 0 saturated carbocycles. The maximum Gasteiger partial charge on any atom is 0.132 e. The van der Waals surface area contributed by atoms with Gasteiger partial charge in [0.2, 0.25) is 0 Å². The molecular weight excluding hydrogens is 380 g/mol. The van der Waals surface area contributed by atoms with E-state index in [0.29, 0.717) is 0 Å². The second-order valence-corrected chi connectivity index (χ2v) is 8.69. The molecule has 4 aromatic carbocycles. The lowest BCUT2D eigenvalue weighted by atomic mass is 9.70. The Morgan fingerprint density at radius 1 is 0.714 bits per heavy atom. The first-order valence-corrected chi connectivity index (χ1v) is 10.2. The minimum absolute atomic E-state index is 0.200. The van der Waals surface area contributed by atoms with Crippen molar-refractivity contribution in [3.05, 3.63) is 95.6 Å². The van der Waals surface area contributed by atoms with Gasteiger partial charge in [-0.25, -0.2) is 0 Å². The molecule has 0 spiro atoms. The highest BCUT2D eigenvalue weighted by Crippen LogP contribution is 2.50. The Hall–Kier alpha value is -2.36. The van der Waals surface area contributed by atoms with E-state index in [-0.39, 0.29) is 5.41 Å². The number of rotatable bonds is 2. The van der Waals surface area contributed by atoms with Crippen LogP contribution < -0.4 is 4.74 Å². The van der Waals surface area contributed by atoms with Gasteiger partial charge in [0, 0.05) is 26.3 Å². The Kier molecular flexibility index (Phi) is 4.18. The van der Waals surface area contributed by atoms with E-state index in [0.717, 1.165) is 27.7 Å². The highest BCUT2D eigenvalue weighted by Gasteiger charge is 2.38. The fourth-order valence-corrected chi connectivity index (χ4v) is 4.70. The van der Waals surface area contributed by atoms with Crippen molar-refractivity contribution in [2.24, 2.45) is 0 Å². The third-order valence-electron chi connectivity index (χ3n) is 5.71. The predicted octanol–water partition coefficient (Wildman–Crippen LogP) is 7.07. The van der Waals surface area contributed by atoms with Gasteiger partial charge in [-0.05, 0) is 47.0 Å². The molecule has 0 unspecified atom stereocenters. The average molecular weight is 401 g/mol. The van der Waals surface area contributed by atoms with Crippen molar-refractivity contribution in [3.63, 3.8) is 0 Å². The molecule has 0 amide bonds. The van der Waals surface area contributed by atoms with Gasteiger partial charge in [0.25, 0.3) is 0 Å². The van der Waals surface area contributed by atoms with Crippen LogP contribution in [0.2, 0.25) is 0 Å². The van der Waals surface area contributed by atoms with Gasteiger partial charge in [-0.3, -0.25) is 0 Å². The molecule has 28 heavy (non-hydrogen) atoms. The van der Waals surface area contributed by atoms with Crippen molar-refractivity contribution in [1.82, 2.24) is 0 Å². The number of hydrogen-bond acceptors (Lipinski definition) is 3. The van der Waals surface area contributed by atoms with Crippen LogP contribution in [-0.4, -0.2) is 0 Å². The smallest absolute Gasteiger partial charge is 0.132 e. The lowest BCUT2D eigenvalue weighted by Crippen LogP contribution is -2.30. The summed E-state index contributed by atoms with van der Waals surface area (Å²) in [7, 11) is 0. The molecule has 3 heteroatoms. The van der Waals surface area contributed by atoms with Crippen molar-refractivity contribution < 1.29 is 4.74 Å². The topological polar surface area (TPSA) is 9.23 Å². The predicted molar refractivity (Wildman–Crippen MR) is 122 cm³/mol. The Labute approximate surface area is 176 Å². The van der Waals surface area contributed by atoms with Crippen molar-refractivity contribution in [1.29, 1.82) is 0 Å². The molecular formula is C25H20OS2. The van der Waals surface area contributed by atoms with Crippen molar-refractivity contribution >= 4 is 36.0 Å². The molecule has 4 aromatic rings. The maximum atomic E-state index is 6.24. The monoisotopic (exact) mass is 400 g/mol. The summed E-state index contributed by atoms with van der Waals surface area (Å²) in [5.74, 6) is 1.75. The van der Waals surface area contributed by atoms with E-state index in [1.54, 1.807) is 0 Å². The molecule has 1 aliphatic heterocycles. The first-order valence-electron chi connectivity index (χ1n) is 9.35. The summed E-state index contributed by atoms with van der Waals surface area (Å²) in [6.45, 7) is 2.30. The van der Waals surface area contributed by atoms with Gasteiger partial charge < -0.3 is 4.74 Å². The highest BCUT2D eigenvalue weighted by atomic mass is 32.1. The van der Waals surface area contributed by atoms with Crippen LogP contribution in [0.15, 0.2) is 88.7 Å². The molecule has 0 bridgehead atoms. The molecule has 1 heterocycles. The summed E-state index contributed by atoms with van der Waals surface area (Å²) in [5, 5.41) is 2.54. The van der Waals surface area contributed by atoms with Crippen molar-refractivity contribution in [2.75, 3.05) is 0 Å². The molecule has 0 aromatic heterocycles. The zero-order valence-corrected chi connectivity index (χ0v) is 17.3. The van der Waals surface area contributed by atoms with Gasteiger partial charge in [-0.1, -0.05) is 61.5 Å². The van der Waals surface area contributed by atoms with Crippen LogP contribution >= 0.6 is 25.3 Å². The van der Waals surface area contributed by atoms with E-state index in [1.807, 2.05) is 24.3 Å². The van der Waals surface area contributed by atoms with E-state index in [2.05, 4.69) is 86.8 Å². The zero-order valence-electron chi connectivity index (χ0n) is 15.5. The molecule has 0 aliphatic carbocycles. The lowest BCUT2D eigenvalue weighted by molar-refractivity contribution is 0.401. The minimum atomic E-state index is -0.200. The second kappa shape index (κ2) is 6.61. The molecule has 5 rings (SSSR count). The van der Waals surface area contributed by atoms with Gasteiger partial charge in [-0.15, -0.1) is 25.3 Å². The highest BCUT2D eigenvalue weighted by molar-refractivity contribution is 7.80. The zero-order chi connectivity index (χ0) is 19.3. The maximum absolute atomic E-state index is 6.24. The Morgan fingerprint density at radius 2 is 1.32 bits per heavy atom. The van der Waals surface area contributed by atoms with E-state index >= 15 is 0 Å². The molecule has 138 valence electrons.